The van der Waals surface area contributed by atoms with Gasteiger partial charge in [0, 0.05) is 11.8 Å². The van der Waals surface area contributed by atoms with Crippen molar-refractivity contribution in [2.45, 2.75) is 33.6 Å². The van der Waals surface area contributed by atoms with E-state index in [1.165, 1.54) is 0 Å². The highest BCUT2D eigenvalue weighted by Gasteiger charge is 2.68. The highest BCUT2D eigenvalue weighted by molar-refractivity contribution is 5.94. The lowest BCUT2D eigenvalue weighted by atomic mass is 9.66. The van der Waals surface area contributed by atoms with Gasteiger partial charge in [-0.3, -0.25) is 9.59 Å². The number of Topliss-reactive ketones (excluding diaryl/α,β-unsaturated/α-hetero) is 1. The molecule has 0 aromatic carbocycles. The number of rotatable bonds is 1. The molecule has 0 spiro atoms. The van der Waals surface area contributed by atoms with Gasteiger partial charge in [-0.25, -0.2) is 0 Å². The monoisotopic (exact) mass is 196 g/mol. The molecule has 0 amide bonds. The number of hydrogen-bond donors (Lipinski definition) is 1. The molecular weight excluding hydrogens is 180 g/mol. The van der Waals surface area contributed by atoms with Crippen LogP contribution in [0.1, 0.15) is 33.6 Å². The number of carboxylic acid groups (broad SMARTS) is 1. The zero-order chi connectivity index (χ0) is 10.7. The predicted octanol–water partition coefficient (Wildman–Crippen LogP) is 1.71. The molecule has 14 heavy (non-hydrogen) atoms. The quantitative estimate of drug-likeness (QED) is 0.694. The lowest BCUT2D eigenvalue weighted by Crippen LogP contribution is -2.41. The van der Waals surface area contributed by atoms with Crippen LogP contribution in [0.25, 0.3) is 0 Å². The first-order valence-corrected chi connectivity index (χ1v) is 5.08. The summed E-state index contributed by atoms with van der Waals surface area (Å²) >= 11 is 0. The maximum Gasteiger partial charge on any atom is 0.307 e. The van der Waals surface area contributed by atoms with E-state index >= 15 is 0 Å². The molecule has 2 saturated carbocycles. The third kappa shape index (κ3) is 0.787. The molecule has 3 nitrogen and oxygen atoms in total. The largest absolute Gasteiger partial charge is 0.481 e. The molecule has 2 aliphatic rings. The van der Waals surface area contributed by atoms with E-state index in [-0.39, 0.29) is 17.1 Å². The first kappa shape index (κ1) is 9.69. The molecule has 2 aliphatic carbocycles. The predicted molar refractivity (Wildman–Crippen MR) is 50.7 cm³/mol. The minimum atomic E-state index is -0.809. The fraction of sp³-hybridized carbons (Fsp3) is 0.818. The van der Waals surface area contributed by atoms with Crippen LogP contribution >= 0.6 is 0 Å². The molecule has 2 fully saturated rings. The normalized spacial score (nSPS) is 44.4. The molecule has 0 radical (unpaired) electrons. The molecule has 78 valence electrons. The zero-order valence-electron chi connectivity index (χ0n) is 8.83. The van der Waals surface area contributed by atoms with E-state index in [4.69, 9.17) is 5.11 Å². The van der Waals surface area contributed by atoms with Gasteiger partial charge in [-0.2, -0.15) is 0 Å². The Balaban J connectivity index is 2.49. The van der Waals surface area contributed by atoms with Crippen LogP contribution in [0.2, 0.25) is 0 Å². The summed E-state index contributed by atoms with van der Waals surface area (Å²) in [5.74, 6) is -0.868. The van der Waals surface area contributed by atoms with Crippen LogP contribution in [0.4, 0.5) is 0 Å². The number of carboxylic acids is 1. The highest BCUT2D eigenvalue weighted by atomic mass is 16.4. The first-order valence-electron chi connectivity index (χ1n) is 5.08. The molecule has 0 aromatic rings. The van der Waals surface area contributed by atoms with Crippen LogP contribution in [-0.4, -0.2) is 16.9 Å². The second-order valence-electron chi connectivity index (χ2n) is 5.37. The molecule has 1 N–H and O–H groups in total. The maximum atomic E-state index is 11.8. The molecule has 3 heteroatoms. The van der Waals surface area contributed by atoms with Crippen molar-refractivity contribution < 1.29 is 14.7 Å². The summed E-state index contributed by atoms with van der Waals surface area (Å²) in [7, 11) is 0. The summed E-state index contributed by atoms with van der Waals surface area (Å²) in [6.07, 6.45) is 1.25. The van der Waals surface area contributed by atoms with Crippen molar-refractivity contribution in [3.05, 3.63) is 0 Å². The lowest BCUT2D eigenvalue weighted by molar-refractivity contribution is -0.152. The SMILES string of the molecule is CC1(C)C2CC(=O)C1(C)C(C(=O)O)C2. The van der Waals surface area contributed by atoms with Crippen molar-refractivity contribution in [1.29, 1.82) is 0 Å². The van der Waals surface area contributed by atoms with Gasteiger partial charge in [0.25, 0.3) is 0 Å². The molecule has 3 atom stereocenters. The van der Waals surface area contributed by atoms with Crippen LogP contribution in [0.3, 0.4) is 0 Å². The summed E-state index contributed by atoms with van der Waals surface area (Å²) < 4.78 is 0. The van der Waals surface area contributed by atoms with Crippen LogP contribution in [0, 0.1) is 22.7 Å². The Morgan fingerprint density at radius 1 is 1.43 bits per heavy atom. The van der Waals surface area contributed by atoms with Gasteiger partial charge in [-0.15, -0.1) is 0 Å². The third-order valence-electron chi connectivity index (χ3n) is 4.89. The number of carbonyl (C=O) groups is 2. The zero-order valence-corrected chi connectivity index (χ0v) is 8.83. The van der Waals surface area contributed by atoms with Gasteiger partial charge in [0.15, 0.2) is 0 Å². The fourth-order valence-corrected chi connectivity index (χ4v) is 3.36. The summed E-state index contributed by atoms with van der Waals surface area (Å²) in [6, 6.07) is 0. The molecule has 0 aliphatic heterocycles. The second-order valence-corrected chi connectivity index (χ2v) is 5.37. The van der Waals surface area contributed by atoms with Gasteiger partial charge < -0.3 is 5.11 Å². The van der Waals surface area contributed by atoms with Gasteiger partial charge >= 0.3 is 5.97 Å². The van der Waals surface area contributed by atoms with Crippen LogP contribution in [0.15, 0.2) is 0 Å². The van der Waals surface area contributed by atoms with Crippen LogP contribution in [0.5, 0.6) is 0 Å². The minimum absolute atomic E-state index is 0.145. The van der Waals surface area contributed by atoms with E-state index < -0.39 is 17.3 Å². The Kier molecular flexibility index (Phi) is 1.65. The van der Waals surface area contributed by atoms with Crippen LogP contribution < -0.4 is 0 Å². The highest BCUT2D eigenvalue weighted by Crippen LogP contribution is 2.66. The summed E-state index contributed by atoms with van der Waals surface area (Å²) in [6.45, 7) is 5.90. The standard InChI is InChI=1S/C11H16O3/c1-10(2)6-4-7(9(13)14)11(10,3)8(12)5-6/h6-7H,4-5H2,1-3H3,(H,13,14). The third-order valence-corrected chi connectivity index (χ3v) is 4.89. The van der Waals surface area contributed by atoms with Crippen molar-refractivity contribution in [3.8, 4) is 0 Å². The summed E-state index contributed by atoms with van der Waals surface area (Å²) in [5.41, 5.74) is -0.781. The van der Waals surface area contributed by atoms with Crippen LogP contribution in [-0.2, 0) is 9.59 Å². The molecule has 0 aromatic heterocycles. The topological polar surface area (TPSA) is 54.4 Å². The maximum absolute atomic E-state index is 11.8. The Morgan fingerprint density at radius 3 is 2.29 bits per heavy atom. The van der Waals surface area contributed by atoms with Crippen molar-refractivity contribution in [1.82, 2.24) is 0 Å². The van der Waals surface area contributed by atoms with E-state index in [0.29, 0.717) is 12.8 Å². The van der Waals surface area contributed by atoms with Crippen molar-refractivity contribution >= 4 is 11.8 Å². The Bertz CT molecular complexity index is 318. The summed E-state index contributed by atoms with van der Waals surface area (Å²) in [4.78, 5) is 22.9. The number of fused-ring (bicyclic) bond motifs is 2. The number of ketones is 1. The van der Waals surface area contributed by atoms with E-state index in [2.05, 4.69) is 0 Å². The molecule has 0 heterocycles. The van der Waals surface area contributed by atoms with E-state index in [1.54, 1.807) is 0 Å². The number of hydrogen-bond acceptors (Lipinski definition) is 2. The van der Waals surface area contributed by atoms with Gasteiger partial charge in [0.1, 0.15) is 5.78 Å². The van der Waals surface area contributed by atoms with Crippen molar-refractivity contribution in [2.24, 2.45) is 22.7 Å². The van der Waals surface area contributed by atoms with Gasteiger partial charge in [-0.05, 0) is 17.8 Å². The fourth-order valence-electron chi connectivity index (χ4n) is 3.36. The Labute approximate surface area is 83.5 Å². The second kappa shape index (κ2) is 2.38. The molecule has 0 saturated heterocycles. The average Bonchev–Trinajstić information content (AvgIpc) is 2.34. The first-order chi connectivity index (χ1) is 6.31. The number of carbonyl (C=O) groups excluding carboxylic acids is 1. The van der Waals surface area contributed by atoms with E-state index in [1.807, 2.05) is 20.8 Å². The molecule has 3 unspecified atom stereocenters. The minimum Gasteiger partial charge on any atom is -0.481 e. The molecule has 2 rings (SSSR count). The van der Waals surface area contributed by atoms with E-state index in [0.717, 1.165) is 0 Å². The Hall–Kier alpha value is -0.860. The lowest BCUT2D eigenvalue weighted by Gasteiger charge is -2.35. The average molecular weight is 196 g/mol. The van der Waals surface area contributed by atoms with Gasteiger partial charge in [0.2, 0.25) is 0 Å². The molecular formula is C11H16O3. The van der Waals surface area contributed by atoms with Gasteiger partial charge in [0.05, 0.1) is 5.92 Å². The molecule has 2 bridgehead atoms. The summed E-state index contributed by atoms with van der Waals surface area (Å²) in [5, 5.41) is 9.10. The number of aliphatic carboxylic acids is 1. The van der Waals surface area contributed by atoms with E-state index in [9.17, 15) is 9.59 Å². The van der Waals surface area contributed by atoms with Crippen molar-refractivity contribution in [3.63, 3.8) is 0 Å². The Morgan fingerprint density at radius 2 is 2.00 bits per heavy atom. The van der Waals surface area contributed by atoms with Gasteiger partial charge in [-0.1, -0.05) is 20.8 Å². The van der Waals surface area contributed by atoms with Crippen molar-refractivity contribution in [2.75, 3.05) is 0 Å². The smallest absolute Gasteiger partial charge is 0.307 e.